The Morgan fingerprint density at radius 1 is 1.11 bits per heavy atom. The minimum atomic E-state index is -0.589. The number of carbonyl (C=O) groups is 1. The SMILES string of the molecule is CC(=O)C1=C(C)N=c2sc(=Cc3ccc(-c4ccc([N+](=O)[O-])cc4)o3)c(=O)n2[C@H]1c1ccc(N(C)C)cc1. The number of rotatable bonds is 6. The van der Waals surface area contributed by atoms with E-state index in [1.807, 2.05) is 43.3 Å². The van der Waals surface area contributed by atoms with Crippen LogP contribution in [0.3, 0.4) is 0 Å². The number of non-ortho nitro benzene ring substituents is 1. The van der Waals surface area contributed by atoms with E-state index in [9.17, 15) is 19.7 Å². The summed E-state index contributed by atoms with van der Waals surface area (Å²) in [6, 6.07) is 16.7. The lowest BCUT2D eigenvalue weighted by Gasteiger charge is -2.25. The van der Waals surface area contributed by atoms with E-state index in [0.717, 1.165) is 11.3 Å². The third-order valence-corrected chi connectivity index (χ3v) is 7.37. The van der Waals surface area contributed by atoms with Crippen molar-refractivity contribution in [1.29, 1.82) is 0 Å². The van der Waals surface area contributed by atoms with Crippen LogP contribution < -0.4 is 19.8 Å². The average molecular weight is 529 g/mol. The van der Waals surface area contributed by atoms with Gasteiger partial charge in [0.1, 0.15) is 11.5 Å². The van der Waals surface area contributed by atoms with E-state index >= 15 is 0 Å². The van der Waals surface area contributed by atoms with Crippen LogP contribution >= 0.6 is 11.3 Å². The number of hydrogen-bond donors (Lipinski definition) is 0. The Morgan fingerprint density at radius 2 is 1.79 bits per heavy atom. The molecule has 0 N–H and O–H groups in total. The fraction of sp³-hybridized carbons (Fsp3) is 0.179. The van der Waals surface area contributed by atoms with E-state index < -0.39 is 11.0 Å². The third-order valence-electron chi connectivity index (χ3n) is 6.39. The maximum atomic E-state index is 13.7. The Kier molecular flexibility index (Phi) is 6.41. The lowest BCUT2D eigenvalue weighted by Crippen LogP contribution is -2.39. The van der Waals surface area contributed by atoms with Gasteiger partial charge in [0.2, 0.25) is 0 Å². The van der Waals surface area contributed by atoms with E-state index in [4.69, 9.17) is 4.42 Å². The van der Waals surface area contributed by atoms with Crippen LogP contribution in [0.25, 0.3) is 17.4 Å². The maximum absolute atomic E-state index is 13.7. The van der Waals surface area contributed by atoms with Crippen molar-refractivity contribution in [3.05, 3.63) is 113 Å². The monoisotopic (exact) mass is 528 g/mol. The van der Waals surface area contributed by atoms with Crippen molar-refractivity contribution >= 4 is 34.6 Å². The number of hydrogen-bond acceptors (Lipinski definition) is 8. The summed E-state index contributed by atoms with van der Waals surface area (Å²) in [4.78, 5) is 43.9. The number of ketones is 1. The summed E-state index contributed by atoms with van der Waals surface area (Å²) >= 11 is 1.23. The van der Waals surface area contributed by atoms with E-state index in [-0.39, 0.29) is 17.0 Å². The molecule has 5 rings (SSSR count). The second-order valence-corrected chi connectivity index (χ2v) is 10.1. The first kappa shape index (κ1) is 25.1. The lowest BCUT2D eigenvalue weighted by molar-refractivity contribution is -0.384. The summed E-state index contributed by atoms with van der Waals surface area (Å²) in [5.74, 6) is 0.839. The van der Waals surface area contributed by atoms with Gasteiger partial charge in [0.25, 0.3) is 11.2 Å². The van der Waals surface area contributed by atoms with Gasteiger partial charge in [0.05, 0.1) is 15.5 Å². The van der Waals surface area contributed by atoms with Crippen LogP contribution in [0.4, 0.5) is 11.4 Å². The van der Waals surface area contributed by atoms with E-state index in [0.29, 0.717) is 37.7 Å². The van der Waals surface area contributed by atoms with Crippen LogP contribution in [0.15, 0.2) is 86.1 Å². The number of nitro benzene ring substituents is 1. The lowest BCUT2D eigenvalue weighted by atomic mass is 9.93. The highest BCUT2D eigenvalue weighted by Gasteiger charge is 2.30. The van der Waals surface area contributed by atoms with E-state index in [1.165, 1.54) is 30.4 Å². The number of nitrogens with zero attached hydrogens (tertiary/aromatic N) is 4. The summed E-state index contributed by atoms with van der Waals surface area (Å²) in [7, 11) is 3.90. The molecule has 0 amide bonds. The predicted octanol–water partition coefficient (Wildman–Crippen LogP) is 4.06. The molecule has 0 unspecified atom stereocenters. The van der Waals surface area contributed by atoms with Crippen LogP contribution in [0, 0.1) is 10.1 Å². The molecule has 38 heavy (non-hydrogen) atoms. The fourth-order valence-corrected chi connectivity index (χ4v) is 5.53. The van der Waals surface area contributed by atoms with Crippen molar-refractivity contribution in [2.24, 2.45) is 4.99 Å². The number of nitro groups is 1. The number of fused-ring (bicyclic) bond motifs is 1. The molecule has 2 aromatic carbocycles. The van der Waals surface area contributed by atoms with Crippen molar-refractivity contribution in [3.63, 3.8) is 0 Å². The Morgan fingerprint density at radius 3 is 2.39 bits per heavy atom. The van der Waals surface area contributed by atoms with E-state index in [1.54, 1.807) is 41.8 Å². The molecule has 0 bridgehead atoms. The molecule has 10 heteroatoms. The summed E-state index contributed by atoms with van der Waals surface area (Å²) in [6.45, 7) is 3.28. The van der Waals surface area contributed by atoms with Crippen molar-refractivity contribution in [1.82, 2.24) is 4.57 Å². The third kappa shape index (κ3) is 4.50. The van der Waals surface area contributed by atoms with Gasteiger partial charge >= 0.3 is 0 Å². The topological polar surface area (TPSA) is 111 Å². The fourth-order valence-electron chi connectivity index (χ4n) is 4.50. The molecule has 4 aromatic rings. The second kappa shape index (κ2) is 9.71. The van der Waals surface area contributed by atoms with Crippen LogP contribution in [0.1, 0.15) is 31.2 Å². The average Bonchev–Trinajstić information content (AvgIpc) is 3.47. The smallest absolute Gasteiger partial charge is 0.271 e. The molecular formula is C28H24N4O5S. The van der Waals surface area contributed by atoms with Crippen molar-refractivity contribution in [2.75, 3.05) is 19.0 Å². The van der Waals surface area contributed by atoms with Gasteiger partial charge in [-0.1, -0.05) is 23.5 Å². The van der Waals surface area contributed by atoms with Crippen LogP contribution in [0.5, 0.6) is 0 Å². The van der Waals surface area contributed by atoms with Crippen LogP contribution in [0.2, 0.25) is 0 Å². The number of carbonyl (C=O) groups excluding carboxylic acids is 1. The minimum Gasteiger partial charge on any atom is -0.457 e. The number of benzene rings is 2. The molecule has 192 valence electrons. The number of Topliss-reactive ketones (excluding diaryl/α,β-unsaturated/α-hetero) is 1. The number of thiazole rings is 1. The molecule has 1 atom stereocenters. The van der Waals surface area contributed by atoms with E-state index in [2.05, 4.69) is 4.99 Å². The zero-order valence-electron chi connectivity index (χ0n) is 21.2. The molecule has 0 saturated carbocycles. The first-order chi connectivity index (χ1) is 18.1. The first-order valence-corrected chi connectivity index (χ1v) is 12.6. The Bertz CT molecular complexity index is 1770. The molecule has 1 aliphatic heterocycles. The number of allylic oxidation sites excluding steroid dienone is 2. The standard InChI is InChI=1S/C28H24N4O5S/c1-16-25(17(2)33)26(19-7-9-20(10-8-19)30(3)4)31-27(34)24(38-28(31)29-16)15-22-13-14-23(37-22)18-5-11-21(12-6-18)32(35)36/h5-15,26H,1-4H3/t26-/m0/s1. The molecule has 0 radical (unpaired) electrons. The largest absolute Gasteiger partial charge is 0.457 e. The van der Waals surface area contributed by atoms with Gasteiger partial charge in [0, 0.05) is 54.8 Å². The summed E-state index contributed by atoms with van der Waals surface area (Å²) in [5.41, 5.74) is 3.31. The second-order valence-electron chi connectivity index (χ2n) is 9.13. The first-order valence-electron chi connectivity index (χ1n) is 11.8. The van der Waals surface area contributed by atoms with Crippen molar-refractivity contribution < 1.29 is 14.1 Å². The summed E-state index contributed by atoms with van der Waals surface area (Å²) < 4.78 is 7.91. The number of anilines is 1. The summed E-state index contributed by atoms with van der Waals surface area (Å²) in [6.07, 6.45) is 1.65. The minimum absolute atomic E-state index is 0.00669. The zero-order chi connectivity index (χ0) is 27.1. The van der Waals surface area contributed by atoms with Gasteiger partial charge in [-0.05, 0) is 55.8 Å². The van der Waals surface area contributed by atoms with Crippen LogP contribution in [-0.4, -0.2) is 29.4 Å². The molecule has 0 aliphatic carbocycles. The maximum Gasteiger partial charge on any atom is 0.271 e. The Labute approximate surface area is 221 Å². The Hall–Kier alpha value is -4.57. The van der Waals surface area contributed by atoms with Gasteiger partial charge in [-0.15, -0.1) is 0 Å². The highest BCUT2D eigenvalue weighted by molar-refractivity contribution is 7.07. The summed E-state index contributed by atoms with van der Waals surface area (Å²) in [5, 5.41) is 10.9. The predicted molar refractivity (Wildman–Crippen MR) is 146 cm³/mol. The van der Waals surface area contributed by atoms with Crippen molar-refractivity contribution in [2.45, 2.75) is 19.9 Å². The van der Waals surface area contributed by atoms with Gasteiger partial charge in [-0.2, -0.15) is 0 Å². The normalized spacial score (nSPS) is 15.3. The highest BCUT2D eigenvalue weighted by atomic mass is 32.1. The van der Waals surface area contributed by atoms with Crippen LogP contribution in [-0.2, 0) is 4.79 Å². The molecule has 3 heterocycles. The number of aromatic nitrogens is 1. The number of furan rings is 1. The highest BCUT2D eigenvalue weighted by Crippen LogP contribution is 2.31. The molecule has 1 aliphatic rings. The zero-order valence-corrected chi connectivity index (χ0v) is 22.0. The quantitative estimate of drug-likeness (QED) is 0.276. The molecule has 0 saturated heterocycles. The molecule has 2 aromatic heterocycles. The van der Waals surface area contributed by atoms with Crippen molar-refractivity contribution in [3.8, 4) is 11.3 Å². The molecule has 0 spiro atoms. The van der Waals surface area contributed by atoms with Gasteiger partial charge in [0.15, 0.2) is 10.6 Å². The van der Waals surface area contributed by atoms with Gasteiger partial charge in [-0.3, -0.25) is 24.3 Å². The van der Waals surface area contributed by atoms with Gasteiger partial charge in [-0.25, -0.2) is 4.99 Å². The molecular weight excluding hydrogens is 504 g/mol. The Balaban J connectivity index is 1.58. The molecule has 0 fully saturated rings. The van der Waals surface area contributed by atoms with Gasteiger partial charge < -0.3 is 9.32 Å². The molecule has 9 nitrogen and oxygen atoms in total.